The fraction of sp³-hybridized carbons (Fsp3) is 0.0179. The Kier molecular flexibility index (Phi) is 23.6. The van der Waals surface area contributed by atoms with E-state index in [1.54, 1.807) is 6.07 Å². The van der Waals surface area contributed by atoms with Crippen molar-refractivity contribution in [1.82, 2.24) is 0 Å². The quantitative estimate of drug-likeness (QED) is 0.0803. The molecule has 0 amide bonds. The molecular weight excluding hydrogens is 930 g/mol. The van der Waals surface area contributed by atoms with Gasteiger partial charge in [-0.3, -0.25) is 0 Å². The van der Waals surface area contributed by atoms with Crippen LogP contribution in [-0.2, 0) is 17.1 Å². The Hall–Kier alpha value is -5.94. The van der Waals surface area contributed by atoms with Crippen LogP contribution >= 0.6 is 23.8 Å². The van der Waals surface area contributed by atoms with Gasteiger partial charge in [-0.1, -0.05) is 164 Å². The Balaban J connectivity index is 0.000000198. The maximum atomic E-state index is 9.75. The standard InChI is InChI=1S/3C18H15P.C2H3N.BF4.Cu/c3*1-4-10-16(11-5-1)19(17-12-6-2-7-13-17)18-14-8-3-9-15-18;1-2-3;2-1(3,4)5;/h3*1-15H;1H3;;/q;;;;-1;+1/p+3. The molecule has 9 rings (SSSR count). The number of nitrogens with zero attached hydrogens (tertiary/aromatic N) is 1. The van der Waals surface area contributed by atoms with Crippen LogP contribution in [0.2, 0.25) is 0 Å². The van der Waals surface area contributed by atoms with Gasteiger partial charge in [0.2, 0.25) is 0 Å². The molecule has 334 valence electrons. The molecular formula is C56H51BCuF4NP3+3. The summed E-state index contributed by atoms with van der Waals surface area (Å²) in [5.41, 5.74) is 0. The number of rotatable bonds is 9. The fourth-order valence-corrected chi connectivity index (χ4v) is 14.7. The first-order chi connectivity index (χ1) is 31.8. The monoisotopic (exact) mass is 980 g/mol. The van der Waals surface area contributed by atoms with Gasteiger partial charge in [-0.05, 0) is 109 Å². The van der Waals surface area contributed by atoms with Gasteiger partial charge in [-0.2, -0.15) is 5.26 Å². The van der Waals surface area contributed by atoms with Crippen molar-refractivity contribution >= 4 is 78.8 Å². The van der Waals surface area contributed by atoms with Crippen molar-refractivity contribution < 1.29 is 34.3 Å². The van der Waals surface area contributed by atoms with Gasteiger partial charge in [0.25, 0.3) is 0 Å². The van der Waals surface area contributed by atoms with Crippen LogP contribution in [-0.4, -0.2) is 7.25 Å². The minimum Gasteiger partial charge on any atom is -0.418 e. The summed E-state index contributed by atoms with van der Waals surface area (Å²) >= 11 is 0. The van der Waals surface area contributed by atoms with Gasteiger partial charge in [0, 0.05) is 6.92 Å². The number of halogens is 4. The molecule has 0 atom stereocenters. The number of benzene rings is 9. The molecule has 9 aromatic carbocycles. The predicted octanol–water partition coefficient (Wildman–Crippen LogP) is 11.4. The van der Waals surface area contributed by atoms with Crippen molar-refractivity contribution in [2.24, 2.45) is 0 Å². The number of hydrogen-bond donors (Lipinski definition) is 0. The summed E-state index contributed by atoms with van der Waals surface area (Å²) in [6.07, 6.45) is 0. The molecule has 0 fully saturated rings. The topological polar surface area (TPSA) is 23.8 Å². The van der Waals surface area contributed by atoms with Crippen molar-refractivity contribution in [2.45, 2.75) is 6.92 Å². The van der Waals surface area contributed by atoms with Crippen molar-refractivity contribution in [1.29, 1.82) is 5.26 Å². The summed E-state index contributed by atoms with van der Waals surface area (Å²) in [6.45, 7) is 1.43. The molecule has 0 spiro atoms. The van der Waals surface area contributed by atoms with Gasteiger partial charge in [-0.15, -0.1) is 0 Å². The van der Waals surface area contributed by atoms with Crippen LogP contribution in [0.25, 0.3) is 0 Å². The zero-order chi connectivity index (χ0) is 46.0. The smallest absolute Gasteiger partial charge is 0.418 e. The average molecular weight is 981 g/mol. The van der Waals surface area contributed by atoms with Gasteiger partial charge in [-0.25, -0.2) is 0 Å². The summed E-state index contributed by atoms with van der Waals surface area (Å²) in [5.74, 6) is 0. The molecule has 0 aliphatic rings. The zero-order valence-corrected chi connectivity index (χ0v) is 40.3. The van der Waals surface area contributed by atoms with Crippen LogP contribution in [0.15, 0.2) is 273 Å². The van der Waals surface area contributed by atoms with Crippen LogP contribution in [0.3, 0.4) is 0 Å². The molecule has 66 heavy (non-hydrogen) atoms. The minimum absolute atomic E-state index is 0. The van der Waals surface area contributed by atoms with E-state index in [1.165, 1.54) is 54.7 Å². The summed E-state index contributed by atoms with van der Waals surface area (Å²) < 4.78 is 39.0. The molecule has 0 radical (unpaired) electrons. The van der Waals surface area contributed by atoms with E-state index >= 15 is 0 Å². The van der Waals surface area contributed by atoms with Gasteiger partial charge >= 0.3 is 24.3 Å². The third-order valence-electron chi connectivity index (χ3n) is 9.56. The Morgan fingerprint density at radius 2 is 0.348 bits per heavy atom. The van der Waals surface area contributed by atoms with Crippen LogP contribution in [0.5, 0.6) is 0 Å². The normalized spacial score (nSPS) is 10.2. The largest absolute Gasteiger partial charge is 1.00 e. The van der Waals surface area contributed by atoms with Gasteiger partial charge in [0.05, 0.1) is 29.8 Å². The third kappa shape index (κ3) is 18.2. The van der Waals surface area contributed by atoms with Crippen molar-refractivity contribution in [3.8, 4) is 6.07 Å². The zero-order valence-electron chi connectivity index (χ0n) is 36.3. The molecule has 0 aliphatic heterocycles. The summed E-state index contributed by atoms with van der Waals surface area (Å²) in [6, 6.07) is 99.2. The number of nitriles is 1. The summed E-state index contributed by atoms with van der Waals surface area (Å²) in [5, 5.41) is 20.2. The van der Waals surface area contributed by atoms with E-state index in [1.807, 2.05) is 0 Å². The Morgan fingerprint density at radius 1 is 0.273 bits per heavy atom. The molecule has 9 aromatic rings. The van der Waals surface area contributed by atoms with E-state index < -0.39 is 31.0 Å². The SMILES string of the molecule is CC#N.F[B-](F)(F)F.[Cu+].c1ccc([PH+](c2ccccc2)c2ccccc2)cc1.c1ccc([PH+](c2ccccc2)c2ccccc2)cc1.c1ccc([PH+](c2ccccc2)c2ccccc2)cc1. The summed E-state index contributed by atoms with van der Waals surface area (Å²) in [4.78, 5) is 0. The maximum Gasteiger partial charge on any atom is 1.00 e. The minimum atomic E-state index is -6.00. The first kappa shape index (κ1) is 52.7. The van der Waals surface area contributed by atoms with Crippen molar-refractivity contribution in [2.75, 3.05) is 0 Å². The van der Waals surface area contributed by atoms with Crippen LogP contribution < -0.4 is 47.7 Å². The van der Waals surface area contributed by atoms with Gasteiger partial charge < -0.3 is 17.3 Å². The van der Waals surface area contributed by atoms with E-state index in [2.05, 4.69) is 273 Å². The molecule has 0 saturated heterocycles. The van der Waals surface area contributed by atoms with Crippen molar-refractivity contribution in [3.05, 3.63) is 273 Å². The van der Waals surface area contributed by atoms with Crippen LogP contribution in [0, 0.1) is 11.3 Å². The first-order valence-electron chi connectivity index (χ1n) is 21.0. The fourth-order valence-electron chi connectivity index (χ4n) is 6.94. The molecule has 0 heterocycles. The van der Waals surface area contributed by atoms with Gasteiger partial charge in [0.15, 0.2) is 0 Å². The van der Waals surface area contributed by atoms with Crippen molar-refractivity contribution in [3.63, 3.8) is 0 Å². The van der Waals surface area contributed by atoms with Crippen LogP contribution in [0.1, 0.15) is 6.92 Å². The Morgan fingerprint density at radius 3 is 0.424 bits per heavy atom. The molecule has 0 aliphatic carbocycles. The maximum absolute atomic E-state index is 9.75. The third-order valence-corrected chi connectivity index (χ3v) is 17.8. The molecule has 0 bridgehead atoms. The Labute approximate surface area is 402 Å². The van der Waals surface area contributed by atoms with E-state index in [0.717, 1.165) is 0 Å². The van der Waals surface area contributed by atoms with E-state index in [9.17, 15) is 17.3 Å². The number of hydrogen-bond acceptors (Lipinski definition) is 1. The second kappa shape index (κ2) is 29.6. The second-order valence-electron chi connectivity index (χ2n) is 14.1. The molecule has 1 nitrogen and oxygen atoms in total. The molecule has 0 unspecified atom stereocenters. The Bertz CT molecular complexity index is 2090. The molecule has 0 saturated carbocycles. The van der Waals surface area contributed by atoms with E-state index in [0.29, 0.717) is 0 Å². The second-order valence-corrected chi connectivity index (χ2v) is 21.6. The van der Waals surface area contributed by atoms with Gasteiger partial charge in [0.1, 0.15) is 47.7 Å². The van der Waals surface area contributed by atoms with Crippen LogP contribution in [0.4, 0.5) is 17.3 Å². The first-order valence-corrected chi connectivity index (χ1v) is 25.5. The molecule has 10 heteroatoms. The van der Waals surface area contributed by atoms with E-state index in [-0.39, 0.29) is 17.1 Å². The average Bonchev–Trinajstić information content (AvgIpc) is 3.35. The molecule has 0 aromatic heterocycles. The summed E-state index contributed by atoms with van der Waals surface area (Å²) in [7, 11) is -8.63. The molecule has 0 N–H and O–H groups in total. The predicted molar refractivity (Wildman–Crippen MR) is 281 cm³/mol. The van der Waals surface area contributed by atoms with E-state index in [4.69, 9.17) is 5.26 Å².